The molecule has 0 unspecified atom stereocenters. The number of anilines is 1. The van der Waals surface area contributed by atoms with Crippen molar-refractivity contribution in [3.63, 3.8) is 0 Å². The normalized spacial score (nSPS) is 20.5. The number of ether oxygens (including phenoxy) is 3. The molecule has 1 N–H and O–H groups in total. The topological polar surface area (TPSA) is 88.2 Å². The smallest absolute Gasteiger partial charge is 0.239 e. The van der Waals surface area contributed by atoms with Gasteiger partial charge in [0.2, 0.25) is 5.88 Å². The second-order valence-corrected chi connectivity index (χ2v) is 25.6. The molecule has 0 aliphatic heterocycles. The van der Waals surface area contributed by atoms with Crippen LogP contribution >= 0.6 is 0 Å². The summed E-state index contributed by atoms with van der Waals surface area (Å²) in [6, 6.07) is 4.26. The summed E-state index contributed by atoms with van der Waals surface area (Å²) in [6.45, 7) is 19.0. The van der Waals surface area contributed by atoms with Crippen LogP contribution in [0.25, 0.3) is 22.7 Å². The first-order valence-electron chi connectivity index (χ1n) is 14.7. The Balaban J connectivity index is 1.54. The van der Waals surface area contributed by atoms with E-state index in [1.807, 2.05) is 13.1 Å². The van der Waals surface area contributed by atoms with Crippen LogP contribution in [0.3, 0.4) is 0 Å². The number of hydrogen-bond acceptors (Lipinski definition) is 7. The van der Waals surface area contributed by atoms with Gasteiger partial charge in [0.05, 0.1) is 12.8 Å². The summed E-state index contributed by atoms with van der Waals surface area (Å²) >= 11 is 0. The summed E-state index contributed by atoms with van der Waals surface area (Å²) in [5, 5.41) is 8.37. The van der Waals surface area contributed by atoms with E-state index in [0.29, 0.717) is 30.7 Å². The SMILES string of the molecule is CNc1cc2nc(-c3nn(COCC[Si](C)(C)C)c4c3C[C@@H]3C[C@]3(C)C4)n(COCC[Si](C)(C)C)c2nc1OC. The molecule has 9 nitrogen and oxygen atoms in total. The minimum absolute atomic E-state index is 0.376. The molecule has 0 bridgehead atoms. The molecule has 3 aromatic heterocycles. The molecule has 0 saturated heterocycles. The summed E-state index contributed by atoms with van der Waals surface area (Å²) in [5.41, 5.74) is 6.30. The maximum absolute atomic E-state index is 6.27. The Labute approximate surface area is 241 Å². The van der Waals surface area contributed by atoms with Crippen LogP contribution < -0.4 is 10.1 Å². The summed E-state index contributed by atoms with van der Waals surface area (Å²) in [6.07, 6.45) is 3.35. The van der Waals surface area contributed by atoms with Gasteiger partial charge in [-0.25, -0.2) is 9.67 Å². The van der Waals surface area contributed by atoms with Gasteiger partial charge in [0, 0.05) is 47.7 Å². The highest BCUT2D eigenvalue weighted by molar-refractivity contribution is 6.76. The first-order chi connectivity index (χ1) is 18.8. The summed E-state index contributed by atoms with van der Waals surface area (Å²) in [5.74, 6) is 2.07. The van der Waals surface area contributed by atoms with Crippen molar-refractivity contribution < 1.29 is 14.2 Å². The lowest BCUT2D eigenvalue weighted by Gasteiger charge is -2.20. The van der Waals surface area contributed by atoms with Crippen LogP contribution in [0.1, 0.15) is 24.6 Å². The molecule has 0 aromatic carbocycles. The fraction of sp³-hybridized carbons (Fsp3) is 0.690. The first-order valence-corrected chi connectivity index (χ1v) is 22.1. The van der Waals surface area contributed by atoms with Crippen molar-refractivity contribution in [2.45, 2.75) is 91.0 Å². The van der Waals surface area contributed by atoms with Crippen LogP contribution in [0.2, 0.25) is 51.4 Å². The monoisotopic (exact) mass is 584 g/mol. The lowest BCUT2D eigenvalue weighted by Crippen LogP contribution is -2.23. The highest BCUT2D eigenvalue weighted by atomic mass is 28.3. The minimum atomic E-state index is -1.21. The molecular formula is C29H48N6O3Si2. The van der Waals surface area contributed by atoms with Gasteiger partial charge in [-0.15, -0.1) is 0 Å². The Morgan fingerprint density at radius 3 is 2.33 bits per heavy atom. The quantitative estimate of drug-likeness (QED) is 0.192. The van der Waals surface area contributed by atoms with E-state index in [9.17, 15) is 0 Å². The Bertz CT molecular complexity index is 1370. The van der Waals surface area contributed by atoms with Crippen LogP contribution in [-0.4, -0.2) is 67.8 Å². The van der Waals surface area contributed by atoms with E-state index in [1.54, 1.807) is 7.11 Å². The standard InChI is InChI=1S/C29H48N6O3Si2/c1-29-16-20(29)14-21-24(17-29)35(19-38-11-13-40(7,8)9)33-25(21)27-31-22-15-23(30-2)28(36-3)32-26(22)34(27)18-37-10-12-39(4,5)6/h15,20,30H,10-14,16-19H2,1-9H3/t20-,29-/m1/s1. The van der Waals surface area contributed by atoms with Crippen molar-refractivity contribution in [2.75, 3.05) is 32.7 Å². The lowest BCUT2D eigenvalue weighted by atomic mass is 9.87. The van der Waals surface area contributed by atoms with E-state index in [2.05, 4.69) is 60.8 Å². The Kier molecular flexibility index (Phi) is 7.97. The second kappa shape index (κ2) is 10.9. The molecule has 0 radical (unpaired) electrons. The number of rotatable bonds is 13. The van der Waals surface area contributed by atoms with Crippen molar-refractivity contribution in [3.8, 4) is 17.4 Å². The minimum Gasteiger partial charge on any atom is -0.479 e. The third-order valence-corrected chi connectivity index (χ3v) is 11.9. The maximum Gasteiger partial charge on any atom is 0.239 e. The highest BCUT2D eigenvalue weighted by Crippen LogP contribution is 2.60. The van der Waals surface area contributed by atoms with E-state index < -0.39 is 16.1 Å². The van der Waals surface area contributed by atoms with E-state index in [1.165, 1.54) is 17.7 Å². The lowest BCUT2D eigenvalue weighted by molar-refractivity contribution is 0.0756. The third kappa shape index (κ3) is 6.17. The summed E-state index contributed by atoms with van der Waals surface area (Å²) in [7, 11) is 1.14. The summed E-state index contributed by atoms with van der Waals surface area (Å²) in [4.78, 5) is 9.99. The molecule has 3 aromatic rings. The van der Waals surface area contributed by atoms with Gasteiger partial charge in [-0.1, -0.05) is 46.2 Å². The number of nitrogens with one attached hydrogen (secondary N) is 1. The highest BCUT2D eigenvalue weighted by Gasteiger charge is 2.54. The van der Waals surface area contributed by atoms with E-state index in [0.717, 1.165) is 66.5 Å². The average Bonchev–Trinajstić information content (AvgIpc) is 3.24. The van der Waals surface area contributed by atoms with Gasteiger partial charge in [-0.05, 0) is 48.7 Å². The van der Waals surface area contributed by atoms with Crippen molar-refractivity contribution in [2.24, 2.45) is 11.3 Å². The molecule has 1 saturated carbocycles. The molecule has 1 fully saturated rings. The number of methoxy groups -OCH3 is 1. The van der Waals surface area contributed by atoms with Gasteiger partial charge in [0.15, 0.2) is 11.5 Å². The predicted molar refractivity (Wildman–Crippen MR) is 167 cm³/mol. The molecule has 5 rings (SSSR count). The van der Waals surface area contributed by atoms with Crippen molar-refractivity contribution in [1.29, 1.82) is 0 Å². The molecule has 0 spiro atoms. The van der Waals surface area contributed by atoms with E-state index in [4.69, 9.17) is 29.3 Å². The third-order valence-electron chi connectivity index (χ3n) is 8.51. The number of imidazole rings is 1. The second-order valence-electron chi connectivity index (χ2n) is 14.4. The van der Waals surface area contributed by atoms with Gasteiger partial charge in [-0.2, -0.15) is 10.1 Å². The van der Waals surface area contributed by atoms with Crippen LogP contribution in [0.15, 0.2) is 6.07 Å². The van der Waals surface area contributed by atoms with Crippen LogP contribution in [-0.2, 0) is 35.8 Å². The fourth-order valence-corrected chi connectivity index (χ4v) is 7.15. The Morgan fingerprint density at radius 1 is 1.02 bits per heavy atom. The van der Waals surface area contributed by atoms with Gasteiger partial charge >= 0.3 is 0 Å². The largest absolute Gasteiger partial charge is 0.479 e. The van der Waals surface area contributed by atoms with Crippen LogP contribution in [0.4, 0.5) is 5.69 Å². The van der Waals surface area contributed by atoms with E-state index in [-0.39, 0.29) is 0 Å². The van der Waals surface area contributed by atoms with Crippen molar-refractivity contribution >= 4 is 33.0 Å². The zero-order chi connectivity index (χ0) is 28.9. The number of pyridine rings is 1. The molecule has 2 atom stereocenters. The molecule has 11 heteroatoms. The molecule has 40 heavy (non-hydrogen) atoms. The van der Waals surface area contributed by atoms with Gasteiger partial charge < -0.3 is 19.5 Å². The molecular weight excluding hydrogens is 537 g/mol. The summed E-state index contributed by atoms with van der Waals surface area (Å²) < 4.78 is 22.3. The van der Waals surface area contributed by atoms with Crippen molar-refractivity contribution in [1.82, 2.24) is 24.3 Å². The number of fused-ring (bicyclic) bond motifs is 3. The molecule has 2 aliphatic rings. The molecule has 2 aliphatic carbocycles. The van der Waals surface area contributed by atoms with E-state index >= 15 is 0 Å². The van der Waals surface area contributed by atoms with Crippen LogP contribution in [0, 0.1) is 11.3 Å². The number of hydrogen-bond donors (Lipinski definition) is 1. The van der Waals surface area contributed by atoms with Crippen molar-refractivity contribution in [3.05, 3.63) is 17.3 Å². The fourth-order valence-electron chi connectivity index (χ4n) is 5.63. The van der Waals surface area contributed by atoms with Gasteiger partial charge in [0.1, 0.15) is 24.7 Å². The maximum atomic E-state index is 6.27. The first kappa shape index (κ1) is 29.3. The number of aromatic nitrogens is 5. The Hall–Kier alpha value is -2.22. The molecule has 220 valence electrons. The average molecular weight is 585 g/mol. The zero-order valence-electron chi connectivity index (χ0n) is 26.0. The Morgan fingerprint density at radius 2 is 1.70 bits per heavy atom. The van der Waals surface area contributed by atoms with Gasteiger partial charge in [0.25, 0.3) is 0 Å². The molecule has 0 amide bonds. The van der Waals surface area contributed by atoms with Gasteiger partial charge in [-0.3, -0.25) is 4.57 Å². The van der Waals surface area contributed by atoms with Crippen LogP contribution in [0.5, 0.6) is 5.88 Å². The number of nitrogens with zero attached hydrogens (tertiary/aromatic N) is 5. The predicted octanol–water partition coefficient (Wildman–Crippen LogP) is 6.09. The molecule has 3 heterocycles. The zero-order valence-corrected chi connectivity index (χ0v) is 28.0.